The molecule has 0 spiro atoms. The Morgan fingerprint density at radius 1 is 1.28 bits per heavy atom. The number of hydrogen-bond acceptors (Lipinski definition) is 6. The van der Waals surface area contributed by atoms with Gasteiger partial charge < -0.3 is 9.30 Å². The van der Waals surface area contributed by atoms with E-state index in [1.807, 2.05) is 6.92 Å². The second-order valence-corrected chi connectivity index (χ2v) is 8.54. The molecule has 1 aromatic heterocycles. The number of aromatic nitrogens is 1. The summed E-state index contributed by atoms with van der Waals surface area (Å²) in [6, 6.07) is 4.74. The van der Waals surface area contributed by atoms with E-state index in [9.17, 15) is 18.0 Å². The minimum Gasteiger partial charge on any atom is -0.469 e. The topological polar surface area (TPSA) is 94.8 Å². The van der Waals surface area contributed by atoms with Gasteiger partial charge in [0.05, 0.1) is 28.6 Å². The van der Waals surface area contributed by atoms with Gasteiger partial charge in [-0.2, -0.15) is 4.99 Å². The molecule has 2 rings (SSSR count). The van der Waals surface area contributed by atoms with Gasteiger partial charge in [-0.1, -0.05) is 18.3 Å². The summed E-state index contributed by atoms with van der Waals surface area (Å²) in [6.45, 7) is 2.19. The molecule has 0 N–H and O–H groups in total. The Bertz CT molecular complexity index is 970. The fourth-order valence-electron chi connectivity index (χ4n) is 2.27. The van der Waals surface area contributed by atoms with Gasteiger partial charge in [0.25, 0.3) is 0 Å². The summed E-state index contributed by atoms with van der Waals surface area (Å²) in [5, 5.41) is 0. The van der Waals surface area contributed by atoms with Crippen LogP contribution in [0, 0.1) is 0 Å². The van der Waals surface area contributed by atoms with Crippen molar-refractivity contribution in [3.63, 3.8) is 0 Å². The molecule has 0 aliphatic heterocycles. The van der Waals surface area contributed by atoms with Crippen molar-refractivity contribution in [3.05, 3.63) is 23.0 Å². The number of rotatable bonds is 6. The molecule has 0 aliphatic rings. The maximum atomic E-state index is 11.9. The molecular formula is C16H20N2O5S2. The zero-order valence-corrected chi connectivity index (χ0v) is 15.9. The molecule has 0 saturated heterocycles. The third-order valence-electron chi connectivity index (χ3n) is 3.53. The van der Waals surface area contributed by atoms with Crippen molar-refractivity contribution in [3.8, 4) is 0 Å². The minimum atomic E-state index is -3.33. The molecule has 0 unspecified atom stereocenters. The largest absolute Gasteiger partial charge is 0.469 e. The number of aryl methyl sites for hydroxylation is 1. The molecule has 1 heterocycles. The number of ether oxygens (including phenoxy) is 1. The van der Waals surface area contributed by atoms with Crippen molar-refractivity contribution >= 4 is 43.3 Å². The van der Waals surface area contributed by atoms with Gasteiger partial charge in [0, 0.05) is 19.2 Å². The predicted octanol–water partition coefficient (Wildman–Crippen LogP) is 1.90. The average Bonchev–Trinajstić information content (AvgIpc) is 2.88. The van der Waals surface area contributed by atoms with Crippen LogP contribution in [0.5, 0.6) is 0 Å². The van der Waals surface area contributed by atoms with E-state index >= 15 is 0 Å². The molecule has 7 nitrogen and oxygen atoms in total. The monoisotopic (exact) mass is 384 g/mol. The lowest BCUT2D eigenvalue weighted by Crippen LogP contribution is -2.19. The number of thiazole rings is 1. The molecule has 0 atom stereocenters. The molecular weight excluding hydrogens is 364 g/mol. The first-order valence-corrected chi connectivity index (χ1v) is 10.4. The quantitative estimate of drug-likeness (QED) is 0.709. The number of benzene rings is 1. The van der Waals surface area contributed by atoms with Gasteiger partial charge in [0.1, 0.15) is 0 Å². The highest BCUT2D eigenvalue weighted by atomic mass is 32.2. The number of sulfone groups is 1. The average molecular weight is 384 g/mol. The van der Waals surface area contributed by atoms with Gasteiger partial charge in [-0.15, -0.1) is 0 Å². The molecule has 2 aromatic rings. The van der Waals surface area contributed by atoms with E-state index in [0.29, 0.717) is 28.9 Å². The van der Waals surface area contributed by atoms with Gasteiger partial charge in [-0.05, 0) is 24.6 Å². The summed E-state index contributed by atoms with van der Waals surface area (Å²) in [4.78, 5) is 28.1. The minimum absolute atomic E-state index is 0.130. The Morgan fingerprint density at radius 2 is 2.00 bits per heavy atom. The zero-order valence-electron chi connectivity index (χ0n) is 14.3. The van der Waals surface area contributed by atoms with Gasteiger partial charge in [-0.3, -0.25) is 9.59 Å². The number of nitrogens with zero attached hydrogens (tertiary/aromatic N) is 2. The second kappa shape index (κ2) is 7.92. The van der Waals surface area contributed by atoms with Crippen LogP contribution >= 0.6 is 11.3 Å². The maximum Gasteiger partial charge on any atom is 0.307 e. The van der Waals surface area contributed by atoms with Gasteiger partial charge >= 0.3 is 5.97 Å². The number of carbonyl (C=O) groups is 2. The second-order valence-electron chi connectivity index (χ2n) is 5.52. The van der Waals surface area contributed by atoms with Crippen molar-refractivity contribution in [2.75, 3.05) is 13.4 Å². The molecule has 1 aromatic carbocycles. The molecule has 0 bridgehead atoms. The Balaban J connectivity index is 2.59. The van der Waals surface area contributed by atoms with Crippen LogP contribution < -0.4 is 4.80 Å². The zero-order chi connectivity index (χ0) is 18.6. The van der Waals surface area contributed by atoms with Crippen LogP contribution in [0.25, 0.3) is 10.2 Å². The number of fused-ring (bicyclic) bond motifs is 1. The highest BCUT2D eigenvalue weighted by Gasteiger charge is 2.13. The lowest BCUT2D eigenvalue weighted by molar-refractivity contribution is -0.140. The lowest BCUT2D eigenvalue weighted by Gasteiger charge is -2.05. The van der Waals surface area contributed by atoms with Crippen LogP contribution in [0.4, 0.5) is 0 Å². The molecule has 1 amide bonds. The smallest absolute Gasteiger partial charge is 0.307 e. The summed E-state index contributed by atoms with van der Waals surface area (Å²) in [5.74, 6) is -0.616. The molecule has 0 aliphatic carbocycles. The van der Waals surface area contributed by atoms with Crippen LogP contribution in [-0.2, 0) is 30.7 Å². The Morgan fingerprint density at radius 3 is 2.60 bits per heavy atom. The maximum absolute atomic E-state index is 11.9. The van der Waals surface area contributed by atoms with Gasteiger partial charge in [-0.25, -0.2) is 8.42 Å². The SMILES string of the molecule is CCCC(=O)N=c1sc2cc(S(C)(=O)=O)ccc2n1CCC(=O)OC. The Labute approximate surface area is 149 Å². The molecule has 25 heavy (non-hydrogen) atoms. The molecule has 0 fully saturated rings. The van der Waals surface area contributed by atoms with E-state index < -0.39 is 9.84 Å². The third kappa shape index (κ3) is 4.76. The van der Waals surface area contributed by atoms with E-state index in [-0.39, 0.29) is 23.2 Å². The van der Waals surface area contributed by atoms with Crippen molar-refractivity contribution in [2.45, 2.75) is 37.6 Å². The first-order valence-electron chi connectivity index (χ1n) is 7.74. The molecule has 9 heteroatoms. The van der Waals surface area contributed by atoms with E-state index in [4.69, 9.17) is 0 Å². The van der Waals surface area contributed by atoms with Gasteiger partial charge in [0.15, 0.2) is 14.6 Å². The lowest BCUT2D eigenvalue weighted by atomic mass is 10.3. The summed E-state index contributed by atoms with van der Waals surface area (Å²) in [5.41, 5.74) is 0.726. The van der Waals surface area contributed by atoms with E-state index in [2.05, 4.69) is 9.73 Å². The number of esters is 1. The van der Waals surface area contributed by atoms with E-state index in [1.165, 1.54) is 24.5 Å². The highest BCUT2D eigenvalue weighted by Crippen LogP contribution is 2.22. The Hall–Kier alpha value is -2.00. The first kappa shape index (κ1) is 19.3. The Kier molecular flexibility index (Phi) is 6.12. The van der Waals surface area contributed by atoms with Crippen LogP contribution in [-0.4, -0.2) is 38.2 Å². The summed E-state index contributed by atoms with van der Waals surface area (Å²) in [6.07, 6.45) is 2.29. The van der Waals surface area contributed by atoms with Crippen LogP contribution in [0.1, 0.15) is 26.2 Å². The normalized spacial score (nSPS) is 12.5. The first-order chi connectivity index (χ1) is 11.8. The number of hydrogen-bond donors (Lipinski definition) is 0. The van der Waals surface area contributed by atoms with E-state index in [1.54, 1.807) is 16.7 Å². The summed E-state index contributed by atoms with van der Waals surface area (Å²) in [7, 11) is -2.02. The summed E-state index contributed by atoms with van der Waals surface area (Å²) < 4.78 is 30.6. The predicted molar refractivity (Wildman–Crippen MR) is 95.0 cm³/mol. The molecule has 0 radical (unpaired) electrons. The number of carbonyl (C=O) groups excluding carboxylic acids is 2. The number of methoxy groups -OCH3 is 1. The fourth-order valence-corrected chi connectivity index (χ4v) is 4.10. The van der Waals surface area contributed by atoms with Crippen molar-refractivity contribution in [2.24, 2.45) is 4.99 Å². The van der Waals surface area contributed by atoms with Crippen LogP contribution in [0.15, 0.2) is 28.1 Å². The van der Waals surface area contributed by atoms with Crippen LogP contribution in [0.3, 0.4) is 0 Å². The van der Waals surface area contributed by atoms with Crippen LogP contribution in [0.2, 0.25) is 0 Å². The highest BCUT2D eigenvalue weighted by molar-refractivity contribution is 7.90. The third-order valence-corrected chi connectivity index (χ3v) is 5.69. The summed E-state index contributed by atoms with van der Waals surface area (Å²) >= 11 is 1.23. The fraction of sp³-hybridized carbons (Fsp3) is 0.438. The standard InChI is InChI=1S/C16H20N2O5S2/c1-4-5-14(19)17-16-18(9-8-15(20)23-2)12-7-6-11(25(3,21)22)10-13(12)24-16/h6-7,10H,4-5,8-9H2,1-3H3. The van der Waals surface area contributed by atoms with Crippen molar-refractivity contribution in [1.82, 2.24) is 4.57 Å². The molecule has 0 saturated carbocycles. The van der Waals surface area contributed by atoms with Gasteiger partial charge in [0.2, 0.25) is 5.91 Å². The number of amides is 1. The van der Waals surface area contributed by atoms with E-state index in [0.717, 1.165) is 11.8 Å². The van der Waals surface area contributed by atoms with Crippen molar-refractivity contribution in [1.29, 1.82) is 0 Å². The van der Waals surface area contributed by atoms with Crippen molar-refractivity contribution < 1.29 is 22.7 Å². The molecule has 136 valence electrons.